The van der Waals surface area contributed by atoms with E-state index in [4.69, 9.17) is 9.94 Å². The van der Waals surface area contributed by atoms with Crippen LogP contribution in [0.3, 0.4) is 0 Å². The summed E-state index contributed by atoms with van der Waals surface area (Å²) < 4.78 is 5.43. The maximum atomic E-state index is 11.7. The summed E-state index contributed by atoms with van der Waals surface area (Å²) in [6.07, 6.45) is 9.40. The number of allylic oxidation sites excluding steroid dienone is 2. The van der Waals surface area contributed by atoms with Crippen LogP contribution in [0.1, 0.15) is 50.2 Å². The number of benzene rings is 1. The Morgan fingerprint density at radius 3 is 2.89 bits per heavy atom. The van der Waals surface area contributed by atoms with Gasteiger partial charge in [-0.15, -0.1) is 0 Å². The maximum absolute atomic E-state index is 11.7. The molecule has 1 heterocycles. The number of carbonyl (C=O) groups is 1. The Morgan fingerprint density at radius 2 is 2.19 bits per heavy atom. The molecule has 0 fully saturated rings. The van der Waals surface area contributed by atoms with Gasteiger partial charge in [-0.3, -0.25) is 10.0 Å². The van der Waals surface area contributed by atoms with Crippen molar-refractivity contribution >= 4 is 11.6 Å². The van der Waals surface area contributed by atoms with Gasteiger partial charge in [0.2, 0.25) is 0 Å². The lowest BCUT2D eigenvalue weighted by Gasteiger charge is -2.31. The van der Waals surface area contributed by atoms with E-state index in [1.54, 1.807) is 24.7 Å². The number of hydrogen-bond donors (Lipinski definition) is 2. The van der Waals surface area contributed by atoms with Crippen LogP contribution in [0.25, 0.3) is 0 Å². The van der Waals surface area contributed by atoms with Gasteiger partial charge in [-0.25, -0.2) is 5.48 Å². The fourth-order valence-corrected chi connectivity index (χ4v) is 3.55. The Labute approximate surface area is 162 Å². The first kappa shape index (κ1) is 21.0. The number of rotatable bonds is 9. The van der Waals surface area contributed by atoms with Crippen molar-refractivity contribution in [1.82, 2.24) is 5.48 Å². The lowest BCUT2D eigenvalue weighted by atomic mass is 9.99. The largest absolute Gasteiger partial charge is 0.501 e. The van der Waals surface area contributed by atoms with Crippen molar-refractivity contribution in [2.45, 2.75) is 52.4 Å². The highest BCUT2D eigenvalue weighted by molar-refractivity contribution is 5.95. The van der Waals surface area contributed by atoms with Crippen LogP contribution < -0.4 is 10.4 Å². The Morgan fingerprint density at radius 1 is 1.37 bits per heavy atom. The first-order chi connectivity index (χ1) is 13.1. The molecule has 0 bridgehead atoms. The summed E-state index contributed by atoms with van der Waals surface area (Å²) in [6.45, 7) is 6.24. The van der Waals surface area contributed by atoms with E-state index in [1.807, 2.05) is 6.92 Å². The molecular weight excluding hydrogens is 340 g/mol. The van der Waals surface area contributed by atoms with E-state index in [0.29, 0.717) is 12.0 Å². The number of anilines is 1. The highest BCUT2D eigenvalue weighted by Gasteiger charge is 2.16. The van der Waals surface area contributed by atoms with Crippen molar-refractivity contribution < 1.29 is 14.7 Å². The van der Waals surface area contributed by atoms with Gasteiger partial charge in [0.25, 0.3) is 5.91 Å². The van der Waals surface area contributed by atoms with E-state index < -0.39 is 5.91 Å². The van der Waals surface area contributed by atoms with E-state index in [1.165, 1.54) is 29.7 Å². The molecule has 2 N–H and O–H groups in total. The second kappa shape index (κ2) is 10.8. The number of amides is 1. The summed E-state index contributed by atoms with van der Waals surface area (Å²) in [5.74, 6) is 0.250. The van der Waals surface area contributed by atoms with Gasteiger partial charge in [0.1, 0.15) is 0 Å². The molecule has 0 atom stereocenters. The van der Waals surface area contributed by atoms with E-state index in [0.717, 1.165) is 38.1 Å². The molecule has 0 unspecified atom stereocenters. The number of unbranched alkanes of at least 4 members (excludes halogenated alkanes) is 1. The molecule has 1 aromatic carbocycles. The minimum Gasteiger partial charge on any atom is -0.501 e. The second-order valence-electron chi connectivity index (χ2n) is 7.00. The molecule has 5 heteroatoms. The number of nitrogens with one attached hydrogen (secondary N) is 1. The fraction of sp³-hybridized carbons (Fsp3) is 0.500. The Hall–Kier alpha value is -2.27. The van der Waals surface area contributed by atoms with Crippen molar-refractivity contribution in [1.29, 1.82) is 0 Å². The molecule has 0 radical (unpaired) electrons. The Balaban J connectivity index is 1.89. The predicted molar refractivity (Wildman–Crippen MR) is 109 cm³/mol. The average Bonchev–Trinajstić information content (AvgIpc) is 2.68. The van der Waals surface area contributed by atoms with Crippen molar-refractivity contribution in [3.05, 3.63) is 52.8 Å². The molecule has 5 nitrogen and oxygen atoms in total. The van der Waals surface area contributed by atoms with Crippen molar-refractivity contribution in [2.24, 2.45) is 0 Å². The molecule has 27 heavy (non-hydrogen) atoms. The first-order valence-electron chi connectivity index (χ1n) is 9.82. The molecule has 1 aromatic rings. The van der Waals surface area contributed by atoms with Crippen LogP contribution in [0.5, 0.6) is 0 Å². The summed E-state index contributed by atoms with van der Waals surface area (Å²) in [7, 11) is 1.62. The second-order valence-corrected chi connectivity index (χ2v) is 7.00. The summed E-state index contributed by atoms with van der Waals surface area (Å²) in [5.41, 5.74) is 6.28. The quantitative estimate of drug-likeness (QED) is 0.170. The monoisotopic (exact) mass is 372 g/mol. The van der Waals surface area contributed by atoms with Crippen molar-refractivity contribution in [3.63, 3.8) is 0 Å². The maximum Gasteiger partial charge on any atom is 0.274 e. The van der Waals surface area contributed by atoms with Gasteiger partial charge in [0.05, 0.1) is 12.9 Å². The third-order valence-corrected chi connectivity index (χ3v) is 4.92. The Bertz CT molecular complexity index is 695. The summed E-state index contributed by atoms with van der Waals surface area (Å²) >= 11 is 0. The van der Waals surface area contributed by atoms with E-state index in [9.17, 15) is 4.79 Å². The molecular formula is C22H32N2O3. The number of hydrogen-bond acceptors (Lipinski definition) is 4. The number of hydroxylamine groups is 1. The number of carbonyl (C=O) groups excluding carboxylic acids is 1. The molecule has 0 spiro atoms. The number of methoxy groups -OCH3 is 1. The van der Waals surface area contributed by atoms with Gasteiger partial charge in [-0.2, -0.15) is 0 Å². The van der Waals surface area contributed by atoms with Crippen LogP contribution >= 0.6 is 0 Å². The summed E-state index contributed by atoms with van der Waals surface area (Å²) in [6, 6.07) is 6.75. The minimum atomic E-state index is -0.508. The smallest absolute Gasteiger partial charge is 0.274 e. The van der Waals surface area contributed by atoms with Crippen LogP contribution in [-0.2, 0) is 16.0 Å². The number of fused-ring (bicyclic) bond motifs is 1. The third kappa shape index (κ3) is 6.14. The van der Waals surface area contributed by atoms with Crippen molar-refractivity contribution in [2.75, 3.05) is 25.1 Å². The standard InChI is InChI=1S/C22H32N2O3/c1-4-8-19(22(25)23-26)16-20(27-3)10-5-6-13-24-14-7-9-18-15-17(2)11-12-21(18)24/h8,11-12,15-16,26H,4-7,9-10,13-14H2,1-3H3,(H,23,25)/b19-8+,20-16-. The molecule has 1 amide bonds. The molecule has 0 saturated heterocycles. The SMILES string of the molecule is CC/C=C(\C=C(\CCCCN1CCCc2cc(C)ccc21)OC)C(=O)NO. The zero-order valence-corrected chi connectivity index (χ0v) is 16.8. The zero-order chi connectivity index (χ0) is 19.6. The molecule has 0 saturated carbocycles. The Kier molecular flexibility index (Phi) is 8.40. The molecule has 1 aliphatic heterocycles. The van der Waals surface area contributed by atoms with Crippen LogP contribution in [0.4, 0.5) is 5.69 Å². The lowest BCUT2D eigenvalue weighted by Crippen LogP contribution is -2.30. The average molecular weight is 373 g/mol. The molecule has 0 aliphatic carbocycles. The number of ether oxygens (including phenoxy) is 1. The highest BCUT2D eigenvalue weighted by Crippen LogP contribution is 2.28. The van der Waals surface area contributed by atoms with Crippen LogP contribution in [0.15, 0.2) is 41.7 Å². The van der Waals surface area contributed by atoms with Gasteiger partial charge < -0.3 is 9.64 Å². The molecule has 1 aliphatic rings. The van der Waals surface area contributed by atoms with Gasteiger partial charge in [0, 0.05) is 30.8 Å². The number of nitrogens with zero attached hydrogens (tertiary/aromatic N) is 1. The third-order valence-electron chi connectivity index (χ3n) is 4.92. The number of aryl methyl sites for hydroxylation is 2. The van der Waals surface area contributed by atoms with Gasteiger partial charge >= 0.3 is 0 Å². The van der Waals surface area contributed by atoms with Crippen LogP contribution in [0.2, 0.25) is 0 Å². The van der Waals surface area contributed by atoms with Crippen LogP contribution in [0, 0.1) is 6.92 Å². The summed E-state index contributed by atoms with van der Waals surface area (Å²) in [4.78, 5) is 14.2. The topological polar surface area (TPSA) is 61.8 Å². The zero-order valence-electron chi connectivity index (χ0n) is 16.8. The highest BCUT2D eigenvalue weighted by atomic mass is 16.5. The van der Waals surface area contributed by atoms with E-state index >= 15 is 0 Å². The van der Waals surface area contributed by atoms with Gasteiger partial charge in [-0.05, 0) is 56.7 Å². The predicted octanol–water partition coefficient (Wildman–Crippen LogP) is 4.29. The van der Waals surface area contributed by atoms with Gasteiger partial charge in [-0.1, -0.05) is 30.7 Å². The van der Waals surface area contributed by atoms with E-state index in [2.05, 4.69) is 30.0 Å². The molecule has 2 rings (SSSR count). The minimum absolute atomic E-state index is 0.428. The molecule has 0 aromatic heterocycles. The van der Waals surface area contributed by atoms with Gasteiger partial charge in [0.15, 0.2) is 0 Å². The molecule has 148 valence electrons. The van der Waals surface area contributed by atoms with Crippen LogP contribution in [-0.4, -0.2) is 31.3 Å². The first-order valence-corrected chi connectivity index (χ1v) is 9.82. The fourth-order valence-electron chi connectivity index (χ4n) is 3.55. The normalized spacial score (nSPS) is 14.7. The van der Waals surface area contributed by atoms with E-state index in [-0.39, 0.29) is 0 Å². The van der Waals surface area contributed by atoms with Crippen molar-refractivity contribution in [3.8, 4) is 0 Å². The lowest BCUT2D eigenvalue weighted by molar-refractivity contribution is -0.124. The summed E-state index contributed by atoms with van der Waals surface area (Å²) in [5, 5.41) is 8.86.